The molecule has 0 atom stereocenters. The summed E-state index contributed by atoms with van der Waals surface area (Å²) in [5.74, 6) is 1.88. The molecule has 8 aromatic carbocycles. The molecule has 0 aliphatic heterocycles. The largest absolute Gasteiger partial charge is 0.231 e. The second-order valence-corrected chi connectivity index (χ2v) is 15.0. The number of hydrogen-bond donors (Lipinski definition) is 0. The van der Waals surface area contributed by atoms with Gasteiger partial charge in [0.2, 0.25) is 0 Å². The van der Waals surface area contributed by atoms with Gasteiger partial charge >= 0.3 is 0 Å². The molecule has 11 aromatic rings. The average Bonchev–Trinajstić information content (AvgIpc) is 3.76. The molecule has 3 heterocycles. The van der Waals surface area contributed by atoms with E-state index >= 15 is 0 Å². The van der Waals surface area contributed by atoms with Crippen molar-refractivity contribution < 1.29 is 0 Å². The van der Waals surface area contributed by atoms with Crippen molar-refractivity contribution in [3.05, 3.63) is 224 Å². The minimum absolute atomic E-state index is 0.616. The summed E-state index contributed by atoms with van der Waals surface area (Å²) >= 11 is 0. The molecule has 0 saturated carbocycles. The van der Waals surface area contributed by atoms with Crippen LogP contribution in [-0.2, 0) is 0 Å². The lowest BCUT2D eigenvalue weighted by molar-refractivity contribution is 0.981. The minimum atomic E-state index is 0.616. The van der Waals surface area contributed by atoms with Gasteiger partial charge in [0.25, 0.3) is 0 Å². The Morgan fingerprint density at radius 3 is 1.13 bits per heavy atom. The van der Waals surface area contributed by atoms with Crippen LogP contribution in [0.5, 0.6) is 0 Å². The van der Waals surface area contributed by atoms with Crippen molar-refractivity contribution in [2.45, 2.75) is 0 Å². The number of benzene rings is 8. The molecule has 0 unspecified atom stereocenters. The number of rotatable bonds is 8. The zero-order valence-electron chi connectivity index (χ0n) is 33.1. The summed E-state index contributed by atoms with van der Waals surface area (Å²) < 4.78 is 2.19. The highest BCUT2D eigenvalue weighted by atomic mass is 15.2. The fourth-order valence-corrected chi connectivity index (χ4v) is 8.38. The number of pyridine rings is 1. The van der Waals surface area contributed by atoms with Gasteiger partial charge in [-0.1, -0.05) is 224 Å². The molecule has 0 aliphatic rings. The van der Waals surface area contributed by atoms with Gasteiger partial charge in [-0.3, -0.25) is 0 Å². The molecule has 11 rings (SSSR count). The van der Waals surface area contributed by atoms with E-state index in [0.29, 0.717) is 17.5 Å². The topological polar surface area (TPSA) is 56.0 Å². The first-order valence-corrected chi connectivity index (χ1v) is 20.5. The molecule has 0 saturated heterocycles. The van der Waals surface area contributed by atoms with E-state index in [9.17, 15) is 0 Å². The van der Waals surface area contributed by atoms with Crippen LogP contribution in [0.3, 0.4) is 0 Å². The lowest BCUT2D eigenvalue weighted by atomic mass is 9.91. The minimum Gasteiger partial charge on any atom is -0.231 e. The molecule has 0 N–H and O–H groups in total. The summed E-state index contributed by atoms with van der Waals surface area (Å²) in [6.45, 7) is 0. The Hall–Kier alpha value is -8.28. The summed E-state index contributed by atoms with van der Waals surface area (Å²) in [5, 5.41) is 7.87. The molecule has 3 aromatic heterocycles. The first-order chi connectivity index (χ1) is 30.3. The van der Waals surface area contributed by atoms with Crippen LogP contribution in [-0.4, -0.2) is 24.6 Å². The Balaban J connectivity index is 1.13. The second kappa shape index (κ2) is 15.5. The molecule has 61 heavy (non-hydrogen) atoms. The maximum atomic E-state index is 5.61. The highest BCUT2D eigenvalue weighted by Gasteiger charge is 2.25. The first-order valence-electron chi connectivity index (χ1n) is 20.5. The summed E-state index contributed by atoms with van der Waals surface area (Å²) in [7, 11) is 0. The lowest BCUT2D eigenvalue weighted by Gasteiger charge is -2.18. The molecule has 286 valence electrons. The SMILES string of the molecule is c1ccc(-c2ccc(-c3nn4c(-c5ccccc5)c(-c5ccc(-c6nc(-c7ccccc7)nc(-c7ccccc7)n6)cc5)c5ccccc5c4c3-c3ccccc3)cc2)cc1. The number of aromatic nitrogens is 5. The number of nitrogens with zero attached hydrogens (tertiary/aromatic N) is 5. The lowest BCUT2D eigenvalue weighted by Crippen LogP contribution is -2.01. The van der Waals surface area contributed by atoms with Crippen LogP contribution in [0, 0.1) is 0 Å². The third kappa shape index (κ3) is 6.64. The molecule has 0 fully saturated rings. The standard InChI is InChI=1S/C56H37N5/c1-6-18-38(19-7-1)39-30-34-42(35-31-39)51-50(40-20-8-2-9-21-40)53-48-29-17-16-28-47(48)49(52(61(53)60-51)43-22-10-3-11-23-43)41-32-36-46(37-33-41)56-58-54(44-24-12-4-13-25-44)57-55(59-56)45-26-14-5-15-27-45/h1-37H. The van der Waals surface area contributed by atoms with Crippen LogP contribution >= 0.6 is 0 Å². The zero-order chi connectivity index (χ0) is 40.5. The van der Waals surface area contributed by atoms with E-state index in [1.54, 1.807) is 0 Å². The van der Waals surface area contributed by atoms with Crippen LogP contribution in [0.15, 0.2) is 224 Å². The Morgan fingerprint density at radius 2 is 0.607 bits per heavy atom. The van der Waals surface area contributed by atoms with Crippen molar-refractivity contribution in [3.63, 3.8) is 0 Å². The zero-order valence-corrected chi connectivity index (χ0v) is 33.1. The van der Waals surface area contributed by atoms with E-state index in [0.717, 1.165) is 77.7 Å². The predicted octanol–water partition coefficient (Wildman–Crippen LogP) is 14.0. The summed E-state index contributed by atoms with van der Waals surface area (Å²) in [6, 6.07) is 78.1. The van der Waals surface area contributed by atoms with Crippen molar-refractivity contribution in [2.75, 3.05) is 0 Å². The second-order valence-electron chi connectivity index (χ2n) is 15.0. The van der Waals surface area contributed by atoms with E-state index in [2.05, 4.69) is 168 Å². The van der Waals surface area contributed by atoms with Gasteiger partial charge in [0.1, 0.15) is 5.69 Å². The highest BCUT2D eigenvalue weighted by molar-refractivity contribution is 6.15. The third-order valence-corrected chi connectivity index (χ3v) is 11.3. The molecule has 5 nitrogen and oxygen atoms in total. The summed E-state index contributed by atoms with van der Waals surface area (Å²) in [6.07, 6.45) is 0. The Kier molecular flexibility index (Phi) is 9.10. The molecule has 5 heteroatoms. The Bertz CT molecular complexity index is 3240. The normalized spacial score (nSPS) is 11.3. The summed E-state index contributed by atoms with van der Waals surface area (Å²) in [5.41, 5.74) is 14.6. The average molecular weight is 780 g/mol. The van der Waals surface area contributed by atoms with E-state index in [4.69, 9.17) is 20.1 Å². The van der Waals surface area contributed by atoms with Crippen molar-refractivity contribution in [3.8, 4) is 90.1 Å². The van der Waals surface area contributed by atoms with Gasteiger partial charge in [-0.05, 0) is 27.6 Å². The molecule has 0 spiro atoms. The fraction of sp³-hybridized carbons (Fsp3) is 0. The predicted molar refractivity (Wildman–Crippen MR) is 250 cm³/mol. The van der Waals surface area contributed by atoms with Gasteiger partial charge in [0.15, 0.2) is 17.5 Å². The third-order valence-electron chi connectivity index (χ3n) is 11.3. The van der Waals surface area contributed by atoms with E-state index in [-0.39, 0.29) is 0 Å². The molecule has 0 aliphatic carbocycles. The van der Waals surface area contributed by atoms with E-state index < -0.39 is 0 Å². The number of hydrogen-bond acceptors (Lipinski definition) is 4. The van der Waals surface area contributed by atoms with Crippen molar-refractivity contribution in [2.24, 2.45) is 0 Å². The molecular weight excluding hydrogens is 743 g/mol. The van der Waals surface area contributed by atoms with Crippen molar-refractivity contribution in [1.82, 2.24) is 24.6 Å². The maximum absolute atomic E-state index is 5.61. The van der Waals surface area contributed by atoms with Gasteiger partial charge in [-0.25, -0.2) is 19.5 Å². The Morgan fingerprint density at radius 1 is 0.262 bits per heavy atom. The highest BCUT2D eigenvalue weighted by Crippen LogP contribution is 2.46. The van der Waals surface area contributed by atoms with Gasteiger partial charge in [-0.2, -0.15) is 5.10 Å². The van der Waals surface area contributed by atoms with Gasteiger partial charge < -0.3 is 0 Å². The van der Waals surface area contributed by atoms with E-state index in [1.807, 2.05) is 60.7 Å². The quantitative estimate of drug-likeness (QED) is 0.154. The van der Waals surface area contributed by atoms with E-state index in [1.165, 1.54) is 11.1 Å². The molecular formula is C56H37N5. The molecule has 0 radical (unpaired) electrons. The Labute approximate surface area is 354 Å². The maximum Gasteiger partial charge on any atom is 0.164 e. The van der Waals surface area contributed by atoms with Crippen LogP contribution in [0.25, 0.3) is 106 Å². The number of fused-ring (bicyclic) bond motifs is 3. The van der Waals surface area contributed by atoms with Crippen molar-refractivity contribution >= 4 is 16.3 Å². The first kappa shape index (κ1) is 35.8. The fourth-order valence-electron chi connectivity index (χ4n) is 8.38. The monoisotopic (exact) mass is 779 g/mol. The molecule has 0 bridgehead atoms. The molecule has 0 amide bonds. The van der Waals surface area contributed by atoms with Crippen LogP contribution in [0.4, 0.5) is 0 Å². The van der Waals surface area contributed by atoms with Crippen LogP contribution in [0.1, 0.15) is 0 Å². The van der Waals surface area contributed by atoms with Crippen LogP contribution in [0.2, 0.25) is 0 Å². The summed E-state index contributed by atoms with van der Waals surface area (Å²) in [4.78, 5) is 14.9. The van der Waals surface area contributed by atoms with Gasteiger partial charge in [-0.15, -0.1) is 0 Å². The van der Waals surface area contributed by atoms with Crippen LogP contribution < -0.4 is 0 Å². The van der Waals surface area contributed by atoms with Crippen molar-refractivity contribution in [1.29, 1.82) is 0 Å². The van der Waals surface area contributed by atoms with Gasteiger partial charge in [0, 0.05) is 44.3 Å². The van der Waals surface area contributed by atoms with Gasteiger partial charge in [0.05, 0.1) is 11.2 Å². The smallest absolute Gasteiger partial charge is 0.164 e.